The van der Waals surface area contributed by atoms with Crippen LogP contribution in [-0.4, -0.2) is 31.1 Å². The second-order valence-electron chi connectivity index (χ2n) is 8.21. The van der Waals surface area contributed by atoms with E-state index in [1.54, 1.807) is 0 Å². The Labute approximate surface area is 200 Å². The van der Waals surface area contributed by atoms with Crippen molar-refractivity contribution in [3.05, 3.63) is 35.9 Å². The molecule has 0 bridgehead atoms. The molecule has 0 fully saturated rings. The summed E-state index contributed by atoms with van der Waals surface area (Å²) in [5.41, 5.74) is 6.89. The van der Waals surface area contributed by atoms with Gasteiger partial charge in [0, 0.05) is 13.1 Å². The molecule has 0 aliphatic carbocycles. The summed E-state index contributed by atoms with van der Waals surface area (Å²) in [7, 11) is 0. The van der Waals surface area contributed by atoms with Gasteiger partial charge >= 0.3 is 6.09 Å². The van der Waals surface area contributed by atoms with Crippen LogP contribution in [0.3, 0.4) is 0 Å². The van der Waals surface area contributed by atoms with E-state index in [2.05, 4.69) is 17.6 Å². The van der Waals surface area contributed by atoms with Crippen LogP contribution in [0.2, 0.25) is 0 Å². The fourth-order valence-electron chi connectivity index (χ4n) is 3.37. The Balaban J connectivity index is 0.00000961. The Kier molecular flexibility index (Phi) is 19.9. The molecular weight excluding hydrogens is 426 g/mol. The van der Waals surface area contributed by atoms with Crippen molar-refractivity contribution in [2.24, 2.45) is 5.73 Å². The third-order valence-corrected chi connectivity index (χ3v) is 5.34. The average molecular weight is 470 g/mol. The van der Waals surface area contributed by atoms with E-state index in [0.717, 1.165) is 18.4 Å². The molecule has 184 valence electrons. The lowest BCUT2D eigenvalue weighted by Gasteiger charge is -2.12. The van der Waals surface area contributed by atoms with Crippen LogP contribution in [0, 0.1) is 0 Å². The van der Waals surface area contributed by atoms with Gasteiger partial charge in [0.2, 0.25) is 5.91 Å². The van der Waals surface area contributed by atoms with E-state index in [1.807, 2.05) is 30.3 Å². The zero-order valence-corrected chi connectivity index (χ0v) is 20.6. The number of rotatable bonds is 18. The first-order valence-electron chi connectivity index (χ1n) is 12.1. The second kappa shape index (κ2) is 21.1. The SMILES string of the molecule is CCCCCCCCCCCCNC(=O)[C@@H](N)CCCNC(=O)OCc1ccccc1.Cl. The summed E-state index contributed by atoms with van der Waals surface area (Å²) < 4.78 is 5.14. The summed E-state index contributed by atoms with van der Waals surface area (Å²) in [6.45, 7) is 3.61. The highest BCUT2D eigenvalue weighted by Gasteiger charge is 2.12. The van der Waals surface area contributed by atoms with Crippen LogP contribution >= 0.6 is 12.4 Å². The van der Waals surface area contributed by atoms with Crippen molar-refractivity contribution >= 4 is 24.4 Å². The van der Waals surface area contributed by atoms with Crippen molar-refractivity contribution in [1.29, 1.82) is 0 Å². The molecule has 2 amide bonds. The number of hydrogen-bond donors (Lipinski definition) is 3. The van der Waals surface area contributed by atoms with Crippen molar-refractivity contribution < 1.29 is 14.3 Å². The zero-order chi connectivity index (χ0) is 22.6. The quantitative estimate of drug-likeness (QED) is 0.248. The van der Waals surface area contributed by atoms with E-state index in [-0.39, 0.29) is 24.9 Å². The minimum Gasteiger partial charge on any atom is -0.445 e. The van der Waals surface area contributed by atoms with E-state index in [0.29, 0.717) is 25.9 Å². The maximum absolute atomic E-state index is 12.0. The van der Waals surface area contributed by atoms with Crippen LogP contribution in [0.5, 0.6) is 0 Å². The van der Waals surface area contributed by atoms with Gasteiger partial charge in [-0.25, -0.2) is 4.79 Å². The number of unbranched alkanes of at least 4 members (excludes halogenated alkanes) is 9. The third kappa shape index (κ3) is 16.8. The predicted octanol–water partition coefficient (Wildman–Crippen LogP) is 5.48. The van der Waals surface area contributed by atoms with Gasteiger partial charge in [0.05, 0.1) is 6.04 Å². The molecule has 0 aliphatic heterocycles. The molecule has 0 unspecified atom stereocenters. The summed E-state index contributed by atoms with van der Waals surface area (Å²) in [5.74, 6) is -0.109. The number of ether oxygens (including phenoxy) is 1. The van der Waals surface area contributed by atoms with Crippen molar-refractivity contribution in [1.82, 2.24) is 10.6 Å². The van der Waals surface area contributed by atoms with Gasteiger partial charge in [0.15, 0.2) is 0 Å². The molecule has 1 atom stereocenters. The number of halogens is 1. The number of nitrogens with one attached hydrogen (secondary N) is 2. The lowest BCUT2D eigenvalue weighted by atomic mass is 10.1. The Hall–Kier alpha value is -1.79. The highest BCUT2D eigenvalue weighted by molar-refractivity contribution is 5.85. The zero-order valence-electron chi connectivity index (χ0n) is 19.8. The molecule has 6 nitrogen and oxygen atoms in total. The van der Waals surface area contributed by atoms with E-state index in [4.69, 9.17) is 10.5 Å². The molecule has 0 heterocycles. The van der Waals surface area contributed by atoms with Gasteiger partial charge < -0.3 is 21.1 Å². The van der Waals surface area contributed by atoms with Crippen LogP contribution in [0.1, 0.15) is 89.5 Å². The minimum atomic E-state index is -0.537. The normalized spacial score (nSPS) is 11.3. The predicted molar refractivity (Wildman–Crippen MR) is 134 cm³/mol. The molecule has 0 aromatic heterocycles. The lowest BCUT2D eigenvalue weighted by molar-refractivity contribution is -0.122. The molecule has 7 heteroatoms. The van der Waals surface area contributed by atoms with E-state index < -0.39 is 12.1 Å². The largest absolute Gasteiger partial charge is 0.445 e. The maximum Gasteiger partial charge on any atom is 0.407 e. The molecule has 1 aromatic rings. The van der Waals surface area contributed by atoms with Gasteiger partial charge in [0.1, 0.15) is 6.61 Å². The Morgan fingerprint density at radius 3 is 2.03 bits per heavy atom. The highest BCUT2D eigenvalue weighted by atomic mass is 35.5. The van der Waals surface area contributed by atoms with Crippen LogP contribution in [0.4, 0.5) is 4.79 Å². The van der Waals surface area contributed by atoms with E-state index >= 15 is 0 Å². The summed E-state index contributed by atoms with van der Waals surface area (Å²) in [5, 5.41) is 5.61. The van der Waals surface area contributed by atoms with Gasteiger partial charge in [-0.05, 0) is 24.8 Å². The minimum absolute atomic E-state index is 0. The topological polar surface area (TPSA) is 93.5 Å². The Morgan fingerprint density at radius 2 is 1.41 bits per heavy atom. The second-order valence-corrected chi connectivity index (χ2v) is 8.21. The van der Waals surface area contributed by atoms with Crippen molar-refractivity contribution in [3.8, 4) is 0 Å². The average Bonchev–Trinajstić information content (AvgIpc) is 2.79. The number of nitrogens with two attached hydrogens (primary N) is 1. The van der Waals surface area contributed by atoms with Gasteiger partial charge in [-0.15, -0.1) is 12.4 Å². The highest BCUT2D eigenvalue weighted by Crippen LogP contribution is 2.10. The molecule has 32 heavy (non-hydrogen) atoms. The third-order valence-electron chi connectivity index (χ3n) is 5.34. The van der Waals surface area contributed by atoms with Gasteiger partial charge in [0.25, 0.3) is 0 Å². The first-order valence-corrected chi connectivity index (χ1v) is 12.1. The van der Waals surface area contributed by atoms with E-state index in [1.165, 1.54) is 51.4 Å². The van der Waals surface area contributed by atoms with Crippen LogP contribution in [0.15, 0.2) is 30.3 Å². The molecule has 0 saturated heterocycles. The van der Waals surface area contributed by atoms with Gasteiger partial charge in [-0.2, -0.15) is 0 Å². The smallest absolute Gasteiger partial charge is 0.407 e. The molecule has 0 aliphatic rings. The number of hydrogen-bond acceptors (Lipinski definition) is 4. The summed E-state index contributed by atoms with van der Waals surface area (Å²) in [4.78, 5) is 23.7. The molecular formula is C25H44ClN3O3. The van der Waals surface area contributed by atoms with E-state index in [9.17, 15) is 9.59 Å². The number of amides is 2. The first kappa shape index (κ1) is 30.2. The van der Waals surface area contributed by atoms with Crippen molar-refractivity contribution in [2.75, 3.05) is 13.1 Å². The fourth-order valence-corrected chi connectivity index (χ4v) is 3.37. The fraction of sp³-hybridized carbons (Fsp3) is 0.680. The number of carbonyl (C=O) groups is 2. The summed E-state index contributed by atoms with van der Waals surface area (Å²) >= 11 is 0. The molecule has 4 N–H and O–H groups in total. The van der Waals surface area contributed by atoms with Crippen LogP contribution < -0.4 is 16.4 Å². The standard InChI is InChI=1S/C25H43N3O3.ClH/c1-2-3-4-5-6-7-8-9-10-14-19-27-24(29)23(26)18-15-20-28-25(30)31-21-22-16-12-11-13-17-22;/h11-13,16-17,23H,2-10,14-15,18-21,26H2,1H3,(H,27,29)(H,28,30);1H/t23-;/m0./s1. The van der Waals surface area contributed by atoms with Gasteiger partial charge in [-0.1, -0.05) is 95.0 Å². The van der Waals surface area contributed by atoms with Crippen molar-refractivity contribution in [3.63, 3.8) is 0 Å². The lowest BCUT2D eigenvalue weighted by Crippen LogP contribution is -2.41. The molecule has 0 radical (unpaired) electrons. The molecule has 1 aromatic carbocycles. The first-order chi connectivity index (χ1) is 15.1. The summed E-state index contributed by atoms with van der Waals surface area (Å²) in [6, 6.07) is 8.99. The number of alkyl carbamates (subject to hydrolysis) is 1. The molecule has 0 saturated carbocycles. The van der Waals surface area contributed by atoms with Gasteiger partial charge in [-0.3, -0.25) is 4.79 Å². The number of benzene rings is 1. The van der Waals surface area contributed by atoms with Crippen LogP contribution in [0.25, 0.3) is 0 Å². The Bertz CT molecular complexity index is 587. The monoisotopic (exact) mass is 469 g/mol. The Morgan fingerprint density at radius 1 is 0.844 bits per heavy atom. The molecule has 1 rings (SSSR count). The van der Waals surface area contributed by atoms with Crippen LogP contribution in [-0.2, 0) is 16.1 Å². The number of carbonyl (C=O) groups excluding carboxylic acids is 2. The maximum atomic E-state index is 12.0. The van der Waals surface area contributed by atoms with Crippen molar-refractivity contribution in [2.45, 2.75) is 96.6 Å². The summed E-state index contributed by atoms with van der Waals surface area (Å²) in [6.07, 6.45) is 13.5. The molecule has 0 spiro atoms.